The van der Waals surface area contributed by atoms with Gasteiger partial charge in [-0.1, -0.05) is 29.6 Å². The topological polar surface area (TPSA) is 92.9 Å². The molecule has 1 unspecified atom stereocenters. The van der Waals surface area contributed by atoms with E-state index in [1.807, 2.05) is 0 Å². The lowest BCUT2D eigenvalue weighted by Gasteiger charge is -2.35. The second-order valence-corrected chi connectivity index (χ2v) is 8.92. The number of nitrogens with zero attached hydrogens (tertiary/aromatic N) is 3. The fourth-order valence-corrected chi connectivity index (χ4v) is 4.40. The first kappa shape index (κ1) is 24.9. The number of alkyl halides is 3. The number of hydrogen-bond donors (Lipinski definition) is 2. The standard InChI is InChI=1S/C23H22ClF4N5O2/c1-13-30-20(33-35-13)11-22(19-7-6-16(24)12-29-19,32-21(34)31-18-4-2-3-5-18)14-8-15(23(26,27)28)10-17(25)9-14/h6-10,12,18H,2-5,11H2,1H3,(H2,31,32,34). The largest absolute Gasteiger partial charge is 0.416 e. The molecule has 2 heterocycles. The van der Waals surface area contributed by atoms with Gasteiger partial charge in [-0.15, -0.1) is 0 Å². The first-order valence-corrected chi connectivity index (χ1v) is 11.3. The van der Waals surface area contributed by atoms with E-state index in [1.165, 1.54) is 18.3 Å². The average Bonchev–Trinajstić information content (AvgIpc) is 3.44. The van der Waals surface area contributed by atoms with Gasteiger partial charge in [0.15, 0.2) is 5.82 Å². The minimum absolute atomic E-state index is 0.0817. The van der Waals surface area contributed by atoms with Crippen LogP contribution in [0.2, 0.25) is 5.02 Å². The molecule has 0 radical (unpaired) electrons. The highest BCUT2D eigenvalue weighted by molar-refractivity contribution is 6.30. The van der Waals surface area contributed by atoms with Crippen molar-refractivity contribution >= 4 is 17.6 Å². The van der Waals surface area contributed by atoms with Gasteiger partial charge in [0.25, 0.3) is 0 Å². The quantitative estimate of drug-likeness (QED) is 0.437. The van der Waals surface area contributed by atoms with Gasteiger partial charge in [0, 0.05) is 25.6 Å². The molecular formula is C23H22ClF4N5O2. The predicted octanol–water partition coefficient (Wildman–Crippen LogP) is 5.31. The van der Waals surface area contributed by atoms with Gasteiger partial charge in [-0.3, -0.25) is 4.98 Å². The highest BCUT2D eigenvalue weighted by Crippen LogP contribution is 2.37. The summed E-state index contributed by atoms with van der Waals surface area (Å²) in [5.74, 6) is -0.836. The monoisotopic (exact) mass is 511 g/mol. The number of aryl methyl sites for hydroxylation is 1. The first-order valence-electron chi connectivity index (χ1n) is 10.9. The summed E-state index contributed by atoms with van der Waals surface area (Å²) in [6.07, 6.45) is -0.342. The number of carbonyl (C=O) groups is 1. The van der Waals surface area contributed by atoms with Crippen LogP contribution in [-0.4, -0.2) is 27.2 Å². The number of carbonyl (C=O) groups excluding carboxylic acids is 1. The van der Waals surface area contributed by atoms with Crippen molar-refractivity contribution in [2.75, 3.05) is 0 Å². The van der Waals surface area contributed by atoms with Crippen molar-refractivity contribution in [3.63, 3.8) is 0 Å². The molecule has 2 N–H and O–H groups in total. The maximum Gasteiger partial charge on any atom is 0.416 e. The van der Waals surface area contributed by atoms with Gasteiger partial charge in [0.2, 0.25) is 5.89 Å². The molecule has 3 aromatic rings. The van der Waals surface area contributed by atoms with Gasteiger partial charge in [-0.25, -0.2) is 9.18 Å². The zero-order chi connectivity index (χ0) is 25.2. The van der Waals surface area contributed by atoms with Crippen LogP contribution in [-0.2, 0) is 18.1 Å². The van der Waals surface area contributed by atoms with E-state index in [9.17, 15) is 22.4 Å². The first-order chi connectivity index (χ1) is 16.5. The van der Waals surface area contributed by atoms with Gasteiger partial charge in [0.05, 0.1) is 16.3 Å². The molecule has 1 aliphatic carbocycles. The summed E-state index contributed by atoms with van der Waals surface area (Å²) in [7, 11) is 0. The van der Waals surface area contributed by atoms with Crippen molar-refractivity contribution in [1.29, 1.82) is 0 Å². The van der Waals surface area contributed by atoms with Gasteiger partial charge in [0.1, 0.15) is 11.4 Å². The van der Waals surface area contributed by atoms with E-state index in [-0.39, 0.29) is 40.5 Å². The van der Waals surface area contributed by atoms with Crippen molar-refractivity contribution in [3.05, 3.63) is 75.9 Å². The van der Waals surface area contributed by atoms with Crippen LogP contribution >= 0.6 is 11.6 Å². The Bertz CT molecular complexity index is 1200. The van der Waals surface area contributed by atoms with Crippen molar-refractivity contribution < 1.29 is 26.9 Å². The minimum atomic E-state index is -4.83. The van der Waals surface area contributed by atoms with E-state index in [4.69, 9.17) is 16.1 Å². The van der Waals surface area contributed by atoms with Gasteiger partial charge in [-0.2, -0.15) is 18.2 Å². The summed E-state index contributed by atoms with van der Waals surface area (Å²) in [6.45, 7) is 1.54. The SMILES string of the molecule is Cc1nc(CC(NC(=O)NC2CCCC2)(c2cc(F)cc(C(F)(F)F)c2)c2ccc(Cl)cn2)no1. The van der Waals surface area contributed by atoms with Crippen molar-refractivity contribution in [1.82, 2.24) is 25.8 Å². The smallest absolute Gasteiger partial charge is 0.340 e. The number of urea groups is 1. The van der Waals surface area contributed by atoms with Crippen molar-refractivity contribution in [2.45, 2.75) is 56.8 Å². The van der Waals surface area contributed by atoms with E-state index in [0.29, 0.717) is 6.07 Å². The van der Waals surface area contributed by atoms with Crippen LogP contribution in [0, 0.1) is 12.7 Å². The molecule has 0 saturated heterocycles. The molecule has 0 aliphatic heterocycles. The summed E-state index contributed by atoms with van der Waals surface area (Å²) < 4.78 is 60.4. The lowest BCUT2D eigenvalue weighted by atomic mass is 9.81. The van der Waals surface area contributed by atoms with Crippen LogP contribution in [0.5, 0.6) is 0 Å². The minimum Gasteiger partial charge on any atom is -0.340 e. The highest BCUT2D eigenvalue weighted by Gasteiger charge is 2.42. The van der Waals surface area contributed by atoms with Crippen LogP contribution in [0.15, 0.2) is 41.1 Å². The maximum atomic E-state index is 14.6. The Morgan fingerprint density at radius 3 is 2.49 bits per heavy atom. The zero-order valence-corrected chi connectivity index (χ0v) is 19.4. The molecule has 4 rings (SSSR count). The van der Waals surface area contributed by atoms with Crippen LogP contribution in [0.1, 0.15) is 54.2 Å². The third-order valence-electron chi connectivity index (χ3n) is 5.89. The third-order valence-corrected chi connectivity index (χ3v) is 6.12. The summed E-state index contributed by atoms with van der Waals surface area (Å²) in [4.78, 5) is 21.6. The number of benzene rings is 1. The second kappa shape index (κ2) is 9.80. The van der Waals surface area contributed by atoms with Gasteiger partial charge < -0.3 is 15.2 Å². The van der Waals surface area contributed by atoms with E-state index < -0.39 is 29.1 Å². The molecule has 12 heteroatoms. The Hall–Kier alpha value is -3.21. The van der Waals surface area contributed by atoms with Crippen LogP contribution in [0.4, 0.5) is 22.4 Å². The molecule has 35 heavy (non-hydrogen) atoms. The molecule has 1 aliphatic rings. The third kappa shape index (κ3) is 5.72. The number of nitrogens with one attached hydrogen (secondary N) is 2. The Morgan fingerprint density at radius 1 is 1.17 bits per heavy atom. The maximum absolute atomic E-state index is 14.6. The molecule has 1 saturated carbocycles. The lowest BCUT2D eigenvalue weighted by molar-refractivity contribution is -0.137. The summed E-state index contributed by atoms with van der Waals surface area (Å²) in [5, 5.41) is 9.73. The molecule has 2 amide bonds. The Kier molecular flexibility index (Phi) is 6.98. The highest BCUT2D eigenvalue weighted by atomic mass is 35.5. The van der Waals surface area contributed by atoms with Crippen molar-refractivity contribution in [2.24, 2.45) is 0 Å². The fraction of sp³-hybridized carbons (Fsp3) is 0.391. The summed E-state index contributed by atoms with van der Waals surface area (Å²) in [6, 6.07) is 4.28. The Labute approximate surface area is 203 Å². The summed E-state index contributed by atoms with van der Waals surface area (Å²) in [5.41, 5.74) is -3.08. The van der Waals surface area contributed by atoms with Gasteiger partial charge >= 0.3 is 12.2 Å². The predicted molar refractivity (Wildman–Crippen MR) is 118 cm³/mol. The number of amides is 2. The molecule has 186 valence electrons. The molecule has 1 aromatic carbocycles. The van der Waals surface area contributed by atoms with Crippen molar-refractivity contribution in [3.8, 4) is 0 Å². The van der Waals surface area contributed by atoms with E-state index in [0.717, 1.165) is 37.8 Å². The number of rotatable bonds is 6. The molecule has 2 aromatic heterocycles. The second-order valence-electron chi connectivity index (χ2n) is 8.48. The number of hydrogen-bond acceptors (Lipinski definition) is 5. The average molecular weight is 512 g/mol. The number of halogens is 5. The zero-order valence-electron chi connectivity index (χ0n) is 18.6. The Morgan fingerprint density at radius 2 is 1.89 bits per heavy atom. The van der Waals surface area contributed by atoms with E-state index in [1.54, 1.807) is 6.92 Å². The number of pyridine rings is 1. The lowest BCUT2D eigenvalue weighted by Crippen LogP contribution is -2.54. The Balaban J connectivity index is 1.88. The van der Waals surface area contributed by atoms with Crippen LogP contribution < -0.4 is 10.6 Å². The summed E-state index contributed by atoms with van der Waals surface area (Å²) >= 11 is 5.99. The van der Waals surface area contributed by atoms with Crippen LogP contribution in [0.3, 0.4) is 0 Å². The van der Waals surface area contributed by atoms with E-state index >= 15 is 0 Å². The molecule has 1 fully saturated rings. The molecule has 0 bridgehead atoms. The molecule has 7 nitrogen and oxygen atoms in total. The molecular weight excluding hydrogens is 490 g/mol. The van der Waals surface area contributed by atoms with Crippen LogP contribution in [0.25, 0.3) is 0 Å². The molecule has 0 spiro atoms. The normalized spacial score (nSPS) is 16.2. The fourth-order valence-electron chi connectivity index (χ4n) is 4.28. The molecule has 1 atom stereocenters. The van der Waals surface area contributed by atoms with E-state index in [2.05, 4.69) is 25.8 Å². The number of aromatic nitrogens is 3. The van der Waals surface area contributed by atoms with Gasteiger partial charge in [-0.05, 0) is 48.7 Å².